The van der Waals surface area contributed by atoms with Gasteiger partial charge in [0.1, 0.15) is 5.82 Å². The number of aromatic nitrogens is 1. The predicted molar refractivity (Wildman–Crippen MR) is 63.3 cm³/mol. The highest BCUT2D eigenvalue weighted by molar-refractivity contribution is 6.04. The van der Waals surface area contributed by atoms with E-state index in [4.69, 9.17) is 0 Å². The van der Waals surface area contributed by atoms with Gasteiger partial charge in [-0.3, -0.25) is 4.79 Å². The Morgan fingerprint density at radius 1 is 1.22 bits per heavy atom. The lowest BCUT2D eigenvalue weighted by Gasteiger charge is -2.08. The standard InChI is InChI=1S/C13H10F2N2O/c1-8-10(14)5-2-6-11(8)17-13(18)9-4-3-7-16-12(9)15/h2-7H,1H3,(H,17,18). The van der Waals surface area contributed by atoms with E-state index < -0.39 is 17.7 Å². The average Bonchev–Trinajstić information content (AvgIpc) is 2.35. The fourth-order valence-corrected chi connectivity index (χ4v) is 1.49. The minimum absolute atomic E-state index is 0.179. The van der Waals surface area contributed by atoms with Crippen LogP contribution in [0.2, 0.25) is 0 Å². The van der Waals surface area contributed by atoms with Gasteiger partial charge in [-0.2, -0.15) is 4.39 Å². The highest BCUT2D eigenvalue weighted by Crippen LogP contribution is 2.18. The zero-order chi connectivity index (χ0) is 13.1. The molecule has 2 rings (SSSR count). The van der Waals surface area contributed by atoms with Crippen LogP contribution in [-0.4, -0.2) is 10.9 Å². The van der Waals surface area contributed by atoms with Crippen LogP contribution in [0.5, 0.6) is 0 Å². The largest absolute Gasteiger partial charge is 0.321 e. The monoisotopic (exact) mass is 248 g/mol. The Hall–Kier alpha value is -2.30. The summed E-state index contributed by atoms with van der Waals surface area (Å²) in [6.45, 7) is 1.53. The maximum atomic E-state index is 13.3. The third-order valence-corrected chi connectivity index (χ3v) is 2.52. The summed E-state index contributed by atoms with van der Waals surface area (Å²) in [5.74, 6) is -1.95. The van der Waals surface area contributed by atoms with Gasteiger partial charge in [-0.05, 0) is 31.2 Å². The summed E-state index contributed by atoms with van der Waals surface area (Å²) in [5, 5.41) is 2.45. The predicted octanol–water partition coefficient (Wildman–Crippen LogP) is 2.92. The van der Waals surface area contributed by atoms with Crippen molar-refractivity contribution in [3.63, 3.8) is 0 Å². The lowest BCUT2D eigenvalue weighted by Crippen LogP contribution is -2.15. The Bertz CT molecular complexity index is 599. The van der Waals surface area contributed by atoms with Gasteiger partial charge >= 0.3 is 0 Å². The van der Waals surface area contributed by atoms with Crippen molar-refractivity contribution in [3.05, 3.63) is 59.4 Å². The SMILES string of the molecule is Cc1c(F)cccc1NC(=O)c1cccnc1F. The van der Waals surface area contributed by atoms with Gasteiger partial charge in [-0.25, -0.2) is 9.37 Å². The Morgan fingerprint density at radius 2 is 2.00 bits per heavy atom. The van der Waals surface area contributed by atoms with Crippen LogP contribution in [0.4, 0.5) is 14.5 Å². The van der Waals surface area contributed by atoms with Crippen LogP contribution < -0.4 is 5.32 Å². The van der Waals surface area contributed by atoms with E-state index in [1.54, 1.807) is 6.07 Å². The Morgan fingerprint density at radius 3 is 2.72 bits per heavy atom. The molecule has 1 aromatic heterocycles. The highest BCUT2D eigenvalue weighted by Gasteiger charge is 2.13. The van der Waals surface area contributed by atoms with Crippen molar-refractivity contribution in [1.29, 1.82) is 0 Å². The van der Waals surface area contributed by atoms with E-state index in [2.05, 4.69) is 10.3 Å². The molecule has 0 unspecified atom stereocenters. The maximum absolute atomic E-state index is 13.3. The minimum Gasteiger partial charge on any atom is -0.321 e. The van der Waals surface area contributed by atoms with Gasteiger partial charge in [0.25, 0.3) is 5.91 Å². The van der Waals surface area contributed by atoms with Crippen molar-refractivity contribution in [1.82, 2.24) is 4.98 Å². The van der Waals surface area contributed by atoms with E-state index >= 15 is 0 Å². The Kier molecular flexibility index (Phi) is 3.32. The molecule has 0 saturated carbocycles. The van der Waals surface area contributed by atoms with Gasteiger partial charge in [0.2, 0.25) is 5.95 Å². The summed E-state index contributed by atoms with van der Waals surface area (Å²) in [5.41, 5.74) is 0.430. The van der Waals surface area contributed by atoms with Crippen LogP contribution in [0, 0.1) is 18.7 Å². The van der Waals surface area contributed by atoms with Gasteiger partial charge in [0.15, 0.2) is 0 Å². The first kappa shape index (κ1) is 12.2. The maximum Gasteiger partial charge on any atom is 0.260 e. The molecule has 1 heterocycles. The van der Waals surface area contributed by atoms with Crippen molar-refractivity contribution in [2.75, 3.05) is 5.32 Å². The van der Waals surface area contributed by atoms with Gasteiger partial charge in [-0.1, -0.05) is 6.07 Å². The van der Waals surface area contributed by atoms with E-state index in [-0.39, 0.29) is 5.56 Å². The molecule has 0 bridgehead atoms. The van der Waals surface area contributed by atoms with Crippen molar-refractivity contribution in [2.45, 2.75) is 6.92 Å². The normalized spacial score (nSPS) is 10.2. The van der Waals surface area contributed by atoms with E-state index in [9.17, 15) is 13.6 Å². The number of rotatable bonds is 2. The summed E-state index contributed by atoms with van der Waals surface area (Å²) in [6, 6.07) is 7.07. The van der Waals surface area contributed by atoms with Gasteiger partial charge < -0.3 is 5.32 Å². The molecule has 0 atom stereocenters. The number of nitrogens with one attached hydrogen (secondary N) is 1. The molecule has 0 saturated heterocycles. The fourth-order valence-electron chi connectivity index (χ4n) is 1.49. The third-order valence-electron chi connectivity index (χ3n) is 2.52. The lowest BCUT2D eigenvalue weighted by atomic mass is 10.1. The summed E-state index contributed by atoms with van der Waals surface area (Å²) in [6.07, 6.45) is 1.25. The topological polar surface area (TPSA) is 42.0 Å². The summed E-state index contributed by atoms with van der Waals surface area (Å²) >= 11 is 0. The van der Waals surface area contributed by atoms with Crippen LogP contribution >= 0.6 is 0 Å². The van der Waals surface area contributed by atoms with Gasteiger partial charge in [0, 0.05) is 17.4 Å². The van der Waals surface area contributed by atoms with Crippen molar-refractivity contribution in [3.8, 4) is 0 Å². The molecule has 0 aliphatic carbocycles. The molecule has 0 aliphatic rings. The van der Waals surface area contributed by atoms with Gasteiger partial charge in [-0.15, -0.1) is 0 Å². The molecule has 5 heteroatoms. The number of anilines is 1. The molecule has 1 amide bonds. The molecule has 2 aromatic rings. The number of amides is 1. The minimum atomic E-state index is -0.857. The number of hydrogen-bond donors (Lipinski definition) is 1. The summed E-state index contributed by atoms with van der Waals surface area (Å²) < 4.78 is 26.6. The summed E-state index contributed by atoms with van der Waals surface area (Å²) in [4.78, 5) is 15.2. The average molecular weight is 248 g/mol. The molecule has 3 nitrogen and oxygen atoms in total. The van der Waals surface area contributed by atoms with Crippen molar-refractivity contribution < 1.29 is 13.6 Å². The number of carbonyl (C=O) groups is 1. The number of halogens is 2. The number of benzene rings is 1. The second-order valence-electron chi connectivity index (χ2n) is 3.71. The molecule has 1 aromatic carbocycles. The number of carbonyl (C=O) groups excluding carboxylic acids is 1. The van der Waals surface area contributed by atoms with Crippen LogP contribution in [0.3, 0.4) is 0 Å². The zero-order valence-electron chi connectivity index (χ0n) is 9.58. The third kappa shape index (κ3) is 2.34. The van der Waals surface area contributed by atoms with E-state index in [0.717, 1.165) is 0 Å². The first-order valence-corrected chi connectivity index (χ1v) is 5.26. The Balaban J connectivity index is 2.27. The molecule has 0 aliphatic heterocycles. The second kappa shape index (κ2) is 4.91. The quantitative estimate of drug-likeness (QED) is 0.830. The lowest BCUT2D eigenvalue weighted by molar-refractivity contribution is 0.102. The molecular weight excluding hydrogens is 238 g/mol. The number of hydrogen-bond acceptors (Lipinski definition) is 2. The van der Waals surface area contributed by atoms with Crippen LogP contribution in [-0.2, 0) is 0 Å². The molecular formula is C13H10F2N2O. The zero-order valence-corrected chi connectivity index (χ0v) is 9.58. The van der Waals surface area contributed by atoms with Crippen molar-refractivity contribution in [2.24, 2.45) is 0 Å². The van der Waals surface area contributed by atoms with Crippen LogP contribution in [0.25, 0.3) is 0 Å². The summed E-state index contributed by atoms with van der Waals surface area (Å²) in [7, 11) is 0. The first-order chi connectivity index (χ1) is 8.59. The molecule has 0 fully saturated rings. The van der Waals surface area contributed by atoms with Gasteiger partial charge in [0.05, 0.1) is 5.56 Å². The first-order valence-electron chi connectivity index (χ1n) is 5.26. The smallest absolute Gasteiger partial charge is 0.260 e. The highest BCUT2D eigenvalue weighted by atomic mass is 19.1. The number of pyridine rings is 1. The van der Waals surface area contributed by atoms with Crippen molar-refractivity contribution >= 4 is 11.6 Å². The molecule has 0 radical (unpaired) electrons. The molecule has 18 heavy (non-hydrogen) atoms. The Labute approximate surface area is 102 Å². The number of nitrogens with zero attached hydrogens (tertiary/aromatic N) is 1. The van der Waals surface area contributed by atoms with Crippen LogP contribution in [0.1, 0.15) is 15.9 Å². The molecule has 1 N–H and O–H groups in total. The van der Waals surface area contributed by atoms with E-state index in [0.29, 0.717) is 11.3 Å². The van der Waals surface area contributed by atoms with Crippen LogP contribution in [0.15, 0.2) is 36.5 Å². The molecule has 0 spiro atoms. The van der Waals surface area contributed by atoms with E-state index in [1.807, 2.05) is 0 Å². The van der Waals surface area contributed by atoms with E-state index in [1.165, 1.54) is 37.4 Å². The fraction of sp³-hybridized carbons (Fsp3) is 0.0769. The second-order valence-corrected chi connectivity index (χ2v) is 3.71. The molecule has 92 valence electrons.